The van der Waals surface area contributed by atoms with Gasteiger partial charge in [-0.05, 0) is 32.4 Å². The molecule has 0 aromatic carbocycles. The monoisotopic (exact) mass is 280 g/mol. The molecule has 0 aliphatic heterocycles. The van der Waals surface area contributed by atoms with Crippen molar-refractivity contribution in [1.82, 2.24) is 4.98 Å². The van der Waals surface area contributed by atoms with Gasteiger partial charge in [0.15, 0.2) is 0 Å². The molecule has 2 N–H and O–H groups in total. The van der Waals surface area contributed by atoms with Crippen LogP contribution < -0.4 is 5.73 Å². The van der Waals surface area contributed by atoms with Crippen molar-refractivity contribution in [3.05, 3.63) is 30.1 Å². The Morgan fingerprint density at radius 1 is 1.41 bits per heavy atom. The highest BCUT2D eigenvalue weighted by atomic mass is 35.5. The fourth-order valence-electron chi connectivity index (χ4n) is 1.06. The van der Waals surface area contributed by atoms with Crippen molar-refractivity contribution in [2.24, 2.45) is 5.73 Å². The van der Waals surface area contributed by atoms with Gasteiger partial charge in [-0.2, -0.15) is 0 Å². The van der Waals surface area contributed by atoms with Crippen LogP contribution >= 0.6 is 24.8 Å². The van der Waals surface area contributed by atoms with Crippen molar-refractivity contribution in [2.45, 2.75) is 32.4 Å². The molecule has 0 radical (unpaired) electrons. The van der Waals surface area contributed by atoms with Crippen molar-refractivity contribution in [3.8, 4) is 0 Å². The maximum atomic E-state index is 11.6. The number of hydrogen-bond acceptors (Lipinski definition) is 4. The zero-order valence-electron chi connectivity index (χ0n) is 10.0. The lowest BCUT2D eigenvalue weighted by molar-refractivity contribution is -0.156. The summed E-state index contributed by atoms with van der Waals surface area (Å²) in [6.07, 6.45) is 3.19. The summed E-state index contributed by atoms with van der Waals surface area (Å²) in [5.74, 6) is -0.435. The number of carbonyl (C=O) groups is 1. The minimum Gasteiger partial charge on any atom is -0.459 e. The first-order chi connectivity index (χ1) is 6.90. The largest absolute Gasteiger partial charge is 0.459 e. The van der Waals surface area contributed by atoms with Gasteiger partial charge in [0.05, 0.1) is 0 Å². The molecule has 0 aliphatic carbocycles. The number of halogens is 2. The minimum absolute atomic E-state index is 0. The summed E-state index contributed by atoms with van der Waals surface area (Å²) < 4.78 is 5.16. The molecular formula is C11H18Cl2N2O2. The SMILES string of the molecule is CC(C)(C)OC(=O)[C@@H](N)c1cccnc1.Cl.Cl. The predicted molar refractivity (Wildman–Crippen MR) is 71.5 cm³/mol. The second kappa shape index (κ2) is 7.48. The van der Waals surface area contributed by atoms with E-state index in [1.165, 1.54) is 0 Å². The first-order valence-electron chi connectivity index (χ1n) is 4.78. The summed E-state index contributed by atoms with van der Waals surface area (Å²) in [6, 6.07) is 2.72. The smallest absolute Gasteiger partial charge is 0.328 e. The van der Waals surface area contributed by atoms with Crippen LogP contribution in [-0.4, -0.2) is 16.6 Å². The second-order valence-corrected chi connectivity index (χ2v) is 4.30. The maximum absolute atomic E-state index is 11.6. The molecule has 0 unspecified atom stereocenters. The van der Waals surface area contributed by atoms with Gasteiger partial charge in [0.1, 0.15) is 11.6 Å². The molecule has 0 saturated carbocycles. The highest BCUT2D eigenvalue weighted by Crippen LogP contribution is 2.15. The standard InChI is InChI=1S/C11H16N2O2.2ClH/c1-11(2,3)15-10(14)9(12)8-5-4-6-13-7-8;;/h4-7,9H,12H2,1-3H3;2*1H/t9-;;/m0../s1. The first-order valence-corrected chi connectivity index (χ1v) is 4.78. The van der Waals surface area contributed by atoms with Crippen LogP contribution in [0, 0.1) is 0 Å². The zero-order chi connectivity index (χ0) is 11.5. The third-order valence-corrected chi connectivity index (χ3v) is 1.70. The highest BCUT2D eigenvalue weighted by molar-refractivity contribution is 5.85. The van der Waals surface area contributed by atoms with Gasteiger partial charge in [-0.3, -0.25) is 4.98 Å². The molecule has 6 heteroatoms. The maximum Gasteiger partial charge on any atom is 0.328 e. The molecule has 1 rings (SSSR count). The Bertz CT molecular complexity index is 339. The van der Waals surface area contributed by atoms with Crippen molar-refractivity contribution < 1.29 is 9.53 Å². The molecule has 17 heavy (non-hydrogen) atoms. The van der Waals surface area contributed by atoms with E-state index in [9.17, 15) is 4.79 Å². The number of aromatic nitrogens is 1. The molecular weight excluding hydrogens is 263 g/mol. The molecule has 0 amide bonds. The Balaban J connectivity index is 0. The highest BCUT2D eigenvalue weighted by Gasteiger charge is 2.23. The lowest BCUT2D eigenvalue weighted by atomic mass is 10.1. The van der Waals surface area contributed by atoms with Crippen molar-refractivity contribution >= 4 is 30.8 Å². The second-order valence-electron chi connectivity index (χ2n) is 4.30. The Kier molecular flexibility index (Phi) is 8.15. The third-order valence-electron chi connectivity index (χ3n) is 1.70. The Labute approximate surface area is 114 Å². The summed E-state index contributed by atoms with van der Waals surface area (Å²) in [5, 5.41) is 0. The average molecular weight is 281 g/mol. The number of ether oxygens (including phenoxy) is 1. The van der Waals surface area contributed by atoms with Gasteiger partial charge >= 0.3 is 5.97 Å². The topological polar surface area (TPSA) is 65.2 Å². The van der Waals surface area contributed by atoms with Crippen molar-refractivity contribution in [3.63, 3.8) is 0 Å². The number of hydrogen-bond donors (Lipinski definition) is 1. The quantitative estimate of drug-likeness (QED) is 0.844. The van der Waals surface area contributed by atoms with Crippen LogP contribution in [-0.2, 0) is 9.53 Å². The van der Waals surface area contributed by atoms with Gasteiger partial charge in [-0.25, -0.2) is 4.79 Å². The number of carbonyl (C=O) groups excluding carboxylic acids is 1. The van der Waals surface area contributed by atoms with E-state index in [2.05, 4.69) is 4.98 Å². The predicted octanol–water partition coefficient (Wildman–Crippen LogP) is 2.27. The van der Waals surface area contributed by atoms with E-state index < -0.39 is 17.6 Å². The van der Waals surface area contributed by atoms with Gasteiger partial charge in [0.25, 0.3) is 0 Å². The molecule has 0 saturated heterocycles. The van der Waals surface area contributed by atoms with E-state index in [1.54, 1.807) is 45.3 Å². The minimum atomic E-state index is -0.766. The van der Waals surface area contributed by atoms with Crippen LogP contribution in [0.3, 0.4) is 0 Å². The third kappa shape index (κ3) is 6.46. The van der Waals surface area contributed by atoms with Crippen LogP contribution in [0.15, 0.2) is 24.5 Å². The molecule has 1 atom stereocenters. The normalized spacial score (nSPS) is 11.8. The fourth-order valence-corrected chi connectivity index (χ4v) is 1.06. The molecule has 0 aliphatic rings. The van der Waals surface area contributed by atoms with Gasteiger partial charge in [-0.1, -0.05) is 6.07 Å². The first kappa shape index (κ1) is 18.5. The molecule has 1 heterocycles. The summed E-state index contributed by atoms with van der Waals surface area (Å²) in [6.45, 7) is 5.42. The number of nitrogens with zero attached hydrogens (tertiary/aromatic N) is 1. The Morgan fingerprint density at radius 2 is 2.00 bits per heavy atom. The van der Waals surface area contributed by atoms with Crippen LogP contribution in [0.2, 0.25) is 0 Å². The van der Waals surface area contributed by atoms with E-state index >= 15 is 0 Å². The van der Waals surface area contributed by atoms with Crippen LogP contribution in [0.1, 0.15) is 32.4 Å². The summed E-state index contributed by atoms with van der Waals surface area (Å²) in [7, 11) is 0. The van der Waals surface area contributed by atoms with Gasteiger partial charge in [0.2, 0.25) is 0 Å². The molecule has 98 valence electrons. The molecule has 1 aromatic heterocycles. The summed E-state index contributed by atoms with van der Waals surface area (Å²) in [4.78, 5) is 15.5. The van der Waals surface area contributed by atoms with E-state index in [0.29, 0.717) is 5.56 Å². The van der Waals surface area contributed by atoms with Crippen molar-refractivity contribution in [1.29, 1.82) is 0 Å². The Morgan fingerprint density at radius 3 is 2.41 bits per heavy atom. The number of pyridine rings is 1. The van der Waals surface area contributed by atoms with Crippen LogP contribution in [0.4, 0.5) is 0 Å². The number of esters is 1. The molecule has 1 aromatic rings. The lowest BCUT2D eigenvalue weighted by Gasteiger charge is -2.22. The average Bonchev–Trinajstić information content (AvgIpc) is 2.15. The van der Waals surface area contributed by atoms with Gasteiger partial charge < -0.3 is 10.5 Å². The Hall–Kier alpha value is -0.840. The summed E-state index contributed by atoms with van der Waals surface area (Å²) >= 11 is 0. The van der Waals surface area contributed by atoms with E-state index in [4.69, 9.17) is 10.5 Å². The molecule has 0 spiro atoms. The summed E-state index contributed by atoms with van der Waals surface area (Å²) in [5.41, 5.74) is 5.87. The van der Waals surface area contributed by atoms with Gasteiger partial charge in [-0.15, -0.1) is 24.8 Å². The lowest BCUT2D eigenvalue weighted by Crippen LogP contribution is -2.31. The fraction of sp³-hybridized carbons (Fsp3) is 0.455. The van der Waals surface area contributed by atoms with E-state index in [1.807, 2.05) is 0 Å². The van der Waals surface area contributed by atoms with Crippen LogP contribution in [0.25, 0.3) is 0 Å². The molecule has 0 fully saturated rings. The van der Waals surface area contributed by atoms with E-state index in [-0.39, 0.29) is 24.8 Å². The van der Waals surface area contributed by atoms with Crippen molar-refractivity contribution in [2.75, 3.05) is 0 Å². The number of nitrogens with two attached hydrogens (primary N) is 1. The van der Waals surface area contributed by atoms with Crippen LogP contribution in [0.5, 0.6) is 0 Å². The molecule has 4 nitrogen and oxygen atoms in total. The number of rotatable bonds is 2. The molecule has 0 bridgehead atoms. The van der Waals surface area contributed by atoms with E-state index in [0.717, 1.165) is 0 Å². The zero-order valence-corrected chi connectivity index (χ0v) is 11.7. The van der Waals surface area contributed by atoms with Gasteiger partial charge in [0, 0.05) is 12.4 Å².